The standard InChI is InChI=1S/C9H14N2OS/c1-3-7(2)8(12)6-13-9-10-4-5-11-9/h4-5,7H,3,6H2,1-2H3,(H,10,11). The Bertz CT molecular complexity index is 259. The van der Waals surface area contributed by atoms with E-state index < -0.39 is 0 Å². The molecule has 4 heteroatoms. The van der Waals surface area contributed by atoms with Gasteiger partial charge in [0.25, 0.3) is 0 Å². The average molecular weight is 198 g/mol. The van der Waals surface area contributed by atoms with Gasteiger partial charge in [0, 0.05) is 18.3 Å². The lowest BCUT2D eigenvalue weighted by Gasteiger charge is -2.04. The molecule has 0 aromatic carbocycles. The monoisotopic (exact) mass is 198 g/mol. The van der Waals surface area contributed by atoms with E-state index >= 15 is 0 Å². The number of H-pyrrole nitrogens is 1. The van der Waals surface area contributed by atoms with Gasteiger partial charge >= 0.3 is 0 Å². The molecule has 1 heterocycles. The zero-order chi connectivity index (χ0) is 9.68. The first-order valence-electron chi connectivity index (χ1n) is 4.39. The highest BCUT2D eigenvalue weighted by Gasteiger charge is 2.11. The molecule has 1 aromatic heterocycles. The summed E-state index contributed by atoms with van der Waals surface area (Å²) in [5.74, 6) is 0.981. The Morgan fingerprint density at radius 1 is 1.77 bits per heavy atom. The molecular formula is C9H14N2OS. The van der Waals surface area contributed by atoms with Crippen molar-refractivity contribution in [2.75, 3.05) is 5.75 Å². The third kappa shape index (κ3) is 3.22. The Morgan fingerprint density at radius 2 is 2.54 bits per heavy atom. The first kappa shape index (κ1) is 10.3. The molecule has 0 aliphatic heterocycles. The van der Waals surface area contributed by atoms with E-state index in [4.69, 9.17) is 0 Å². The average Bonchev–Trinajstić information content (AvgIpc) is 2.65. The van der Waals surface area contributed by atoms with Gasteiger partial charge in [-0.15, -0.1) is 0 Å². The summed E-state index contributed by atoms with van der Waals surface area (Å²) in [5, 5.41) is 0.816. The molecule has 72 valence electrons. The van der Waals surface area contributed by atoms with Crippen LogP contribution in [0.25, 0.3) is 0 Å². The SMILES string of the molecule is CCC(C)C(=O)CSc1ncc[nH]1. The van der Waals surface area contributed by atoms with Gasteiger partial charge in [0.1, 0.15) is 5.78 Å². The van der Waals surface area contributed by atoms with Crippen molar-refractivity contribution in [3.05, 3.63) is 12.4 Å². The third-order valence-corrected chi connectivity index (χ3v) is 2.91. The fourth-order valence-corrected chi connectivity index (χ4v) is 1.69. The zero-order valence-corrected chi connectivity index (χ0v) is 8.73. The summed E-state index contributed by atoms with van der Waals surface area (Å²) in [6.45, 7) is 3.99. The number of rotatable bonds is 5. The summed E-state index contributed by atoms with van der Waals surface area (Å²) < 4.78 is 0. The number of aromatic amines is 1. The Hall–Kier alpha value is -0.770. The summed E-state index contributed by atoms with van der Waals surface area (Å²) in [7, 11) is 0. The molecule has 0 fully saturated rings. The zero-order valence-electron chi connectivity index (χ0n) is 7.91. The minimum absolute atomic E-state index is 0.169. The highest BCUT2D eigenvalue weighted by molar-refractivity contribution is 7.99. The number of nitrogens with zero attached hydrogens (tertiary/aromatic N) is 1. The number of aromatic nitrogens is 2. The molecule has 1 N–H and O–H groups in total. The van der Waals surface area contributed by atoms with Crippen molar-refractivity contribution in [2.24, 2.45) is 5.92 Å². The van der Waals surface area contributed by atoms with Crippen molar-refractivity contribution in [3.63, 3.8) is 0 Å². The Morgan fingerprint density at radius 3 is 3.08 bits per heavy atom. The van der Waals surface area contributed by atoms with E-state index in [9.17, 15) is 4.79 Å². The van der Waals surface area contributed by atoms with Gasteiger partial charge in [-0.3, -0.25) is 4.79 Å². The van der Waals surface area contributed by atoms with Gasteiger partial charge in [0.15, 0.2) is 5.16 Å². The van der Waals surface area contributed by atoms with Crippen molar-refractivity contribution in [3.8, 4) is 0 Å². The summed E-state index contributed by atoms with van der Waals surface area (Å²) in [6.07, 6.45) is 4.36. The maximum absolute atomic E-state index is 11.4. The number of nitrogens with one attached hydrogen (secondary N) is 1. The second kappa shape index (κ2) is 5.07. The predicted molar refractivity (Wildman–Crippen MR) is 53.8 cm³/mol. The van der Waals surface area contributed by atoms with Gasteiger partial charge in [-0.05, 0) is 6.42 Å². The van der Waals surface area contributed by atoms with Crippen LogP contribution >= 0.6 is 11.8 Å². The number of hydrogen-bond donors (Lipinski definition) is 1. The number of ketones is 1. The van der Waals surface area contributed by atoms with E-state index in [0.717, 1.165) is 11.6 Å². The number of imidazole rings is 1. The van der Waals surface area contributed by atoms with E-state index in [1.54, 1.807) is 12.4 Å². The van der Waals surface area contributed by atoms with Crippen LogP contribution in [0.2, 0.25) is 0 Å². The molecule has 0 saturated heterocycles. The topological polar surface area (TPSA) is 45.8 Å². The molecule has 1 atom stereocenters. The van der Waals surface area contributed by atoms with Crippen LogP contribution < -0.4 is 0 Å². The van der Waals surface area contributed by atoms with Crippen LogP contribution in [-0.4, -0.2) is 21.5 Å². The van der Waals surface area contributed by atoms with Crippen LogP contribution in [-0.2, 0) is 4.79 Å². The van der Waals surface area contributed by atoms with E-state index in [1.807, 2.05) is 13.8 Å². The molecule has 3 nitrogen and oxygen atoms in total. The predicted octanol–water partition coefficient (Wildman–Crippen LogP) is 2.12. The van der Waals surface area contributed by atoms with E-state index in [-0.39, 0.29) is 5.92 Å². The summed E-state index contributed by atoms with van der Waals surface area (Å²) >= 11 is 1.46. The summed E-state index contributed by atoms with van der Waals surface area (Å²) in [5.41, 5.74) is 0. The molecule has 1 unspecified atom stereocenters. The lowest BCUT2D eigenvalue weighted by molar-refractivity contribution is -0.119. The highest BCUT2D eigenvalue weighted by atomic mass is 32.2. The molecule has 0 aliphatic rings. The van der Waals surface area contributed by atoms with Crippen LogP contribution in [0.5, 0.6) is 0 Å². The molecule has 1 rings (SSSR count). The highest BCUT2D eigenvalue weighted by Crippen LogP contribution is 2.14. The summed E-state index contributed by atoms with van der Waals surface area (Å²) in [6, 6.07) is 0. The smallest absolute Gasteiger partial charge is 0.165 e. The molecular weight excluding hydrogens is 184 g/mol. The Labute approximate surface area is 82.3 Å². The number of hydrogen-bond acceptors (Lipinski definition) is 3. The molecule has 13 heavy (non-hydrogen) atoms. The Balaban J connectivity index is 2.31. The molecule has 0 saturated carbocycles. The van der Waals surface area contributed by atoms with Crippen LogP contribution in [0.3, 0.4) is 0 Å². The van der Waals surface area contributed by atoms with Crippen LogP contribution in [0.4, 0.5) is 0 Å². The first-order chi connectivity index (χ1) is 6.24. The number of carbonyl (C=O) groups is 1. The molecule has 0 radical (unpaired) electrons. The number of thioether (sulfide) groups is 1. The number of carbonyl (C=O) groups excluding carboxylic acids is 1. The second-order valence-electron chi connectivity index (χ2n) is 2.96. The largest absolute Gasteiger partial charge is 0.340 e. The maximum Gasteiger partial charge on any atom is 0.165 e. The Kier molecular flexibility index (Phi) is 4.02. The van der Waals surface area contributed by atoms with Gasteiger partial charge in [-0.2, -0.15) is 0 Å². The maximum atomic E-state index is 11.4. The fourth-order valence-electron chi connectivity index (χ4n) is 0.839. The fraction of sp³-hybridized carbons (Fsp3) is 0.556. The van der Waals surface area contributed by atoms with Crippen molar-refractivity contribution in [1.29, 1.82) is 0 Å². The van der Waals surface area contributed by atoms with E-state index in [2.05, 4.69) is 9.97 Å². The second-order valence-corrected chi connectivity index (χ2v) is 3.92. The summed E-state index contributed by atoms with van der Waals surface area (Å²) in [4.78, 5) is 18.4. The molecule has 0 amide bonds. The van der Waals surface area contributed by atoms with Crippen molar-refractivity contribution in [2.45, 2.75) is 25.4 Å². The molecule has 0 aliphatic carbocycles. The van der Waals surface area contributed by atoms with Gasteiger partial charge in [0.2, 0.25) is 0 Å². The lowest BCUT2D eigenvalue weighted by atomic mass is 10.1. The van der Waals surface area contributed by atoms with Crippen LogP contribution in [0.15, 0.2) is 17.6 Å². The van der Waals surface area contributed by atoms with E-state index in [1.165, 1.54) is 11.8 Å². The molecule has 0 spiro atoms. The first-order valence-corrected chi connectivity index (χ1v) is 5.37. The van der Waals surface area contributed by atoms with Crippen molar-refractivity contribution in [1.82, 2.24) is 9.97 Å². The molecule has 0 bridgehead atoms. The quantitative estimate of drug-likeness (QED) is 0.737. The lowest BCUT2D eigenvalue weighted by Crippen LogP contribution is -2.12. The van der Waals surface area contributed by atoms with Gasteiger partial charge in [-0.1, -0.05) is 25.6 Å². The minimum Gasteiger partial charge on any atom is -0.340 e. The third-order valence-electron chi connectivity index (χ3n) is 1.99. The minimum atomic E-state index is 0.169. The van der Waals surface area contributed by atoms with Gasteiger partial charge < -0.3 is 4.98 Å². The normalized spacial score (nSPS) is 12.8. The van der Waals surface area contributed by atoms with E-state index in [0.29, 0.717) is 11.5 Å². The van der Waals surface area contributed by atoms with Crippen LogP contribution in [0.1, 0.15) is 20.3 Å². The van der Waals surface area contributed by atoms with Crippen molar-refractivity contribution >= 4 is 17.5 Å². The molecule has 1 aromatic rings. The van der Waals surface area contributed by atoms with Gasteiger partial charge in [-0.25, -0.2) is 4.98 Å². The van der Waals surface area contributed by atoms with Crippen molar-refractivity contribution < 1.29 is 4.79 Å². The number of Topliss-reactive ketones (excluding diaryl/α,β-unsaturated/α-hetero) is 1. The van der Waals surface area contributed by atoms with Gasteiger partial charge in [0.05, 0.1) is 5.75 Å². The van der Waals surface area contributed by atoms with Crippen LogP contribution in [0, 0.1) is 5.92 Å².